The van der Waals surface area contributed by atoms with Crippen LogP contribution in [0.15, 0.2) is 40.9 Å². The Hall–Kier alpha value is -2.67. The van der Waals surface area contributed by atoms with Crippen LogP contribution in [0.2, 0.25) is 0 Å². The number of halogens is 1. The summed E-state index contributed by atoms with van der Waals surface area (Å²) in [6.07, 6.45) is 0.693. The van der Waals surface area contributed by atoms with E-state index in [0.29, 0.717) is 5.69 Å². The Balaban J connectivity index is 1.75. The molecule has 0 saturated carbocycles. The normalized spacial score (nSPS) is 10.3. The number of ether oxygens (including phenoxy) is 1. The summed E-state index contributed by atoms with van der Waals surface area (Å²) in [6, 6.07) is 11.2. The molecular formula is C22H25BrN2O4. The molecule has 0 saturated heterocycles. The lowest BCUT2D eigenvalue weighted by Gasteiger charge is -2.11. The highest BCUT2D eigenvalue weighted by Crippen LogP contribution is 2.25. The molecular weight excluding hydrogens is 436 g/mol. The number of amides is 2. The molecule has 2 rings (SSSR count). The fourth-order valence-electron chi connectivity index (χ4n) is 2.81. The molecule has 2 amide bonds. The Kier molecular flexibility index (Phi) is 8.39. The van der Waals surface area contributed by atoms with Crippen molar-refractivity contribution < 1.29 is 19.1 Å². The van der Waals surface area contributed by atoms with Crippen LogP contribution in [0, 0.1) is 13.8 Å². The van der Waals surface area contributed by atoms with Gasteiger partial charge in [0.25, 0.3) is 5.91 Å². The maximum absolute atomic E-state index is 12.1. The predicted octanol–water partition coefficient (Wildman–Crippen LogP) is 4.53. The first kappa shape index (κ1) is 22.6. The maximum atomic E-state index is 12.1. The number of benzene rings is 2. The van der Waals surface area contributed by atoms with Gasteiger partial charge in [0, 0.05) is 22.3 Å². The third kappa shape index (κ3) is 7.02. The molecule has 7 heteroatoms. The molecule has 2 aromatic rings. The van der Waals surface area contributed by atoms with E-state index in [1.54, 1.807) is 0 Å². The van der Waals surface area contributed by atoms with E-state index in [1.165, 1.54) is 0 Å². The molecule has 0 aliphatic rings. The van der Waals surface area contributed by atoms with Gasteiger partial charge in [0.1, 0.15) is 0 Å². The SMILES string of the molecule is CCc1ccccc1NC(=O)CCC(=O)OCC(=O)Nc1cc(C)c(Br)c(C)c1. The fourth-order valence-corrected chi connectivity index (χ4v) is 3.04. The van der Waals surface area contributed by atoms with E-state index >= 15 is 0 Å². The summed E-state index contributed by atoms with van der Waals surface area (Å²) in [4.78, 5) is 35.9. The summed E-state index contributed by atoms with van der Waals surface area (Å²) >= 11 is 3.47. The monoisotopic (exact) mass is 460 g/mol. The molecule has 0 aliphatic carbocycles. The van der Waals surface area contributed by atoms with Crippen LogP contribution in [0.1, 0.15) is 36.5 Å². The van der Waals surface area contributed by atoms with Crippen LogP contribution in [0.25, 0.3) is 0 Å². The third-order valence-electron chi connectivity index (χ3n) is 4.31. The van der Waals surface area contributed by atoms with Crippen molar-refractivity contribution in [3.05, 3.63) is 57.6 Å². The van der Waals surface area contributed by atoms with Crippen molar-refractivity contribution in [3.8, 4) is 0 Å². The van der Waals surface area contributed by atoms with Crippen LogP contribution in [0.4, 0.5) is 11.4 Å². The number of carbonyl (C=O) groups is 3. The molecule has 0 spiro atoms. The zero-order valence-electron chi connectivity index (χ0n) is 16.8. The Labute approximate surface area is 179 Å². The van der Waals surface area contributed by atoms with Crippen LogP contribution < -0.4 is 10.6 Å². The summed E-state index contributed by atoms with van der Waals surface area (Å²) in [5, 5.41) is 5.50. The Morgan fingerprint density at radius 1 is 0.966 bits per heavy atom. The molecule has 0 aromatic heterocycles. The van der Waals surface area contributed by atoms with E-state index in [9.17, 15) is 14.4 Å². The van der Waals surface area contributed by atoms with Gasteiger partial charge in [-0.05, 0) is 55.2 Å². The van der Waals surface area contributed by atoms with Gasteiger partial charge >= 0.3 is 5.97 Å². The summed E-state index contributed by atoms with van der Waals surface area (Å²) < 4.78 is 5.95. The molecule has 0 bridgehead atoms. The van der Waals surface area contributed by atoms with Gasteiger partial charge in [-0.3, -0.25) is 14.4 Å². The van der Waals surface area contributed by atoms with Crippen molar-refractivity contribution >= 4 is 45.1 Å². The molecule has 6 nitrogen and oxygen atoms in total. The van der Waals surface area contributed by atoms with Gasteiger partial charge in [-0.2, -0.15) is 0 Å². The van der Waals surface area contributed by atoms with Gasteiger partial charge in [-0.1, -0.05) is 41.1 Å². The predicted molar refractivity (Wildman–Crippen MR) is 117 cm³/mol. The minimum Gasteiger partial charge on any atom is -0.456 e. The van der Waals surface area contributed by atoms with Gasteiger partial charge in [0.15, 0.2) is 6.61 Å². The smallest absolute Gasteiger partial charge is 0.306 e. The lowest BCUT2D eigenvalue weighted by atomic mass is 10.1. The lowest BCUT2D eigenvalue weighted by molar-refractivity contribution is -0.147. The third-order valence-corrected chi connectivity index (χ3v) is 5.56. The molecule has 0 atom stereocenters. The van der Waals surface area contributed by atoms with Gasteiger partial charge in [-0.15, -0.1) is 0 Å². The van der Waals surface area contributed by atoms with E-state index in [2.05, 4.69) is 26.6 Å². The Morgan fingerprint density at radius 2 is 1.62 bits per heavy atom. The number of nitrogens with one attached hydrogen (secondary N) is 2. The average Bonchev–Trinajstić information content (AvgIpc) is 2.69. The highest BCUT2D eigenvalue weighted by molar-refractivity contribution is 9.10. The van der Waals surface area contributed by atoms with Crippen molar-refractivity contribution in [1.29, 1.82) is 0 Å². The minimum absolute atomic E-state index is 0.0103. The lowest BCUT2D eigenvalue weighted by Crippen LogP contribution is -2.22. The molecule has 29 heavy (non-hydrogen) atoms. The first-order valence-electron chi connectivity index (χ1n) is 9.40. The number of hydrogen-bond donors (Lipinski definition) is 2. The van der Waals surface area contributed by atoms with E-state index in [0.717, 1.165) is 33.3 Å². The van der Waals surface area contributed by atoms with Crippen LogP contribution >= 0.6 is 15.9 Å². The summed E-state index contributed by atoms with van der Waals surface area (Å²) in [6.45, 7) is 5.46. The van der Waals surface area contributed by atoms with Crippen LogP contribution in [-0.4, -0.2) is 24.4 Å². The zero-order valence-corrected chi connectivity index (χ0v) is 18.4. The highest BCUT2D eigenvalue weighted by atomic mass is 79.9. The second-order valence-corrected chi connectivity index (χ2v) is 7.48. The number of carbonyl (C=O) groups excluding carboxylic acids is 3. The summed E-state index contributed by atoms with van der Waals surface area (Å²) in [5.41, 5.74) is 4.39. The van der Waals surface area contributed by atoms with E-state index < -0.39 is 18.5 Å². The van der Waals surface area contributed by atoms with Crippen LogP contribution in [0.3, 0.4) is 0 Å². The first-order valence-corrected chi connectivity index (χ1v) is 10.2. The topological polar surface area (TPSA) is 84.5 Å². The number of hydrogen-bond acceptors (Lipinski definition) is 4. The molecule has 0 heterocycles. The molecule has 0 unspecified atom stereocenters. The Morgan fingerprint density at radius 3 is 2.28 bits per heavy atom. The quantitative estimate of drug-likeness (QED) is 0.566. The van der Waals surface area contributed by atoms with Crippen molar-refractivity contribution in [2.45, 2.75) is 40.0 Å². The number of rotatable bonds is 8. The molecule has 2 N–H and O–H groups in total. The van der Waals surface area contributed by atoms with Gasteiger partial charge in [0.05, 0.1) is 6.42 Å². The second kappa shape index (κ2) is 10.8. The van der Waals surface area contributed by atoms with Gasteiger partial charge < -0.3 is 15.4 Å². The molecule has 0 fully saturated rings. The maximum Gasteiger partial charge on any atom is 0.306 e. The van der Waals surface area contributed by atoms with Crippen LogP contribution in [-0.2, 0) is 25.5 Å². The van der Waals surface area contributed by atoms with Gasteiger partial charge in [0.2, 0.25) is 5.91 Å². The number of anilines is 2. The fraction of sp³-hybridized carbons (Fsp3) is 0.318. The van der Waals surface area contributed by atoms with E-state index in [4.69, 9.17) is 4.74 Å². The van der Waals surface area contributed by atoms with Crippen molar-refractivity contribution in [1.82, 2.24) is 0 Å². The van der Waals surface area contributed by atoms with Crippen molar-refractivity contribution in [2.24, 2.45) is 0 Å². The molecule has 154 valence electrons. The van der Waals surface area contributed by atoms with Gasteiger partial charge in [-0.25, -0.2) is 0 Å². The van der Waals surface area contributed by atoms with E-state index in [-0.39, 0.29) is 18.7 Å². The van der Waals surface area contributed by atoms with E-state index in [1.807, 2.05) is 57.2 Å². The summed E-state index contributed by atoms with van der Waals surface area (Å²) in [5.74, 6) is -1.30. The van der Waals surface area contributed by atoms with Crippen molar-refractivity contribution in [2.75, 3.05) is 17.2 Å². The molecule has 0 aliphatic heterocycles. The zero-order chi connectivity index (χ0) is 21.4. The number of esters is 1. The largest absolute Gasteiger partial charge is 0.456 e. The first-order chi connectivity index (χ1) is 13.8. The second-order valence-electron chi connectivity index (χ2n) is 6.69. The minimum atomic E-state index is -0.595. The van der Waals surface area contributed by atoms with Crippen LogP contribution in [0.5, 0.6) is 0 Å². The molecule has 0 radical (unpaired) electrons. The summed E-state index contributed by atoms with van der Waals surface area (Å²) in [7, 11) is 0. The Bertz CT molecular complexity index is 888. The number of para-hydroxylation sites is 1. The molecule has 2 aromatic carbocycles. The number of aryl methyl sites for hydroxylation is 3. The average molecular weight is 461 g/mol. The highest BCUT2D eigenvalue weighted by Gasteiger charge is 2.12. The van der Waals surface area contributed by atoms with Crippen molar-refractivity contribution in [3.63, 3.8) is 0 Å². The standard InChI is InChI=1S/C22H25BrN2O4/c1-4-16-7-5-6-8-18(16)25-19(26)9-10-21(28)29-13-20(27)24-17-11-14(2)22(23)15(3)12-17/h5-8,11-12H,4,9-10,13H2,1-3H3,(H,24,27)(H,25,26).